The van der Waals surface area contributed by atoms with Crippen molar-refractivity contribution in [3.8, 4) is 39.8 Å². The fraction of sp³-hybridized carbons (Fsp3) is 0.184. The van der Waals surface area contributed by atoms with E-state index in [0.717, 1.165) is 64.2 Å². The number of anilines is 4. The number of hydrogen-bond donors (Lipinski definition) is 3. The average molecular weight is 2850 g/mol. The maximum atomic E-state index is 13.1. The van der Waals surface area contributed by atoms with Gasteiger partial charge in [-0.2, -0.15) is 0 Å². The van der Waals surface area contributed by atoms with Crippen molar-refractivity contribution < 1.29 is 23.8 Å². The quantitative estimate of drug-likeness (QED) is 0.0316. The zero-order chi connectivity index (χ0) is 93.8. The standard InChI is InChI=1S/C29H28N4O3.C20H18N4O2.H34P32.H33P31/c1-18-5-8-20(9-6-18)26-27(36-4)28(31-17-30-26)32-23-11-12-24-22(14-23)16-33(29(24)34)15-21-10-7-19(2)13-25(21)35-3;1-12-3-5-13(6-4-12)17-18(26-2)19(23-11-22-17)24-15-7-8-16-14(9-15)10-21-20(16)25;1-18(2)26(17)30(25(15)16)32(29(23(11)12)24(13)14)31(27(19(3)4)20(5)6)28(21(7)8)22(9)10;1-17-25(16)29(24(14)15)31(28(22(10)11)23(12)13)30(26(18(2)3)19(4)5)27(20(6)7)21(8)9/h5-14,17H,15-16H2,1-4H3,(H,30,31,32);3-9,11H,10H2,1-2H3,(H,21,25)(H,22,23,24);1-17H2;17H,1-16H2. The molecule has 0 spiro atoms. The number of hydrogen-bond acceptors (Lipinski definition) is 11. The number of fused-ring (bicyclic) bond motifs is 2. The SMILES string of the molecule is COc1c(Nc2ccc3c(c2)CNC3=O)ncnc1-c1ccc(C)cc1.COc1cc(C)ccc1CN1Cc2cc(Nc3ncnc(-c4ccc(C)cc4)c3OC)ccc2C1=O.PP(P)P(P)P(P(P)P)P(P(P(P)P)P(P)P)P(P(P(P)P)P(P)P)P(P(P)P)P(P)P.PPP(P)P(P(P)P)P(P(P(P)P)P(P)P)P(P(P(P)P)P(P)P)P(P(P)P)P(P)P. The van der Waals surface area contributed by atoms with E-state index >= 15 is 0 Å². The molecule has 2 amide bonds. The smallest absolute Gasteiger partial charge is 0.254 e. The largest absolute Gasteiger partial charge is 0.496 e. The van der Waals surface area contributed by atoms with Crippen LogP contribution in [0.2, 0.25) is 0 Å². The summed E-state index contributed by atoms with van der Waals surface area (Å²) in [5.41, 5.74) is 12.8. The van der Waals surface area contributed by atoms with Gasteiger partial charge in [0.05, 0.1) is 21.3 Å². The molecule has 0 aliphatic carbocycles. The van der Waals surface area contributed by atoms with Crippen LogP contribution in [0.5, 0.6) is 17.2 Å². The van der Waals surface area contributed by atoms with E-state index in [9.17, 15) is 9.59 Å². The summed E-state index contributed by atoms with van der Waals surface area (Å²) in [4.78, 5) is 44.2. The highest BCUT2D eigenvalue weighted by molar-refractivity contribution is 9.47. The molecule has 0 saturated heterocycles. The molecule has 4 heterocycles. The second kappa shape index (κ2) is 68.8. The lowest BCUT2D eigenvalue weighted by atomic mass is 10.1. The maximum Gasteiger partial charge on any atom is 0.254 e. The van der Waals surface area contributed by atoms with Crippen molar-refractivity contribution in [3.05, 3.63) is 160 Å². The Morgan fingerprint density at radius 1 is 0.376 bits per heavy atom. The van der Waals surface area contributed by atoms with E-state index in [4.69, 9.17) is 14.2 Å². The highest BCUT2D eigenvalue weighted by atomic mass is 33.5. The third-order valence-electron chi connectivity index (χ3n) is 16.0. The lowest BCUT2D eigenvalue weighted by Gasteiger charge is -2.53. The first-order valence-corrected chi connectivity index (χ1v) is 148. The summed E-state index contributed by atoms with van der Waals surface area (Å²) in [5.74, 6) is 3.05. The highest BCUT2D eigenvalue weighted by Crippen LogP contribution is 3.41. The second-order valence-electron chi connectivity index (χ2n) is 24.8. The highest BCUT2D eigenvalue weighted by Gasteiger charge is 2.54. The first kappa shape index (κ1) is 133. The van der Waals surface area contributed by atoms with Crippen LogP contribution < -0.4 is 30.2 Å². The van der Waals surface area contributed by atoms with Gasteiger partial charge in [-0.3, -0.25) is 9.59 Å². The molecule has 40 atom stereocenters. The number of amides is 2. The van der Waals surface area contributed by atoms with Gasteiger partial charge >= 0.3 is 0 Å². The van der Waals surface area contributed by atoms with Crippen molar-refractivity contribution in [2.75, 3.05) is 32.0 Å². The summed E-state index contributed by atoms with van der Waals surface area (Å²) >= 11 is 0. The molecule has 40 unspecified atom stereocenters. The third-order valence-corrected chi connectivity index (χ3v) is 435. The molecule has 3 N–H and O–H groups in total. The minimum atomic E-state index is -0.0805. The van der Waals surface area contributed by atoms with Gasteiger partial charge in [0, 0.05) is 58.8 Å². The molecule has 7 aromatic rings. The molecule has 0 radical (unpaired) electrons. The lowest BCUT2D eigenvalue weighted by molar-refractivity contribution is 0.0765. The predicted molar refractivity (Wildman–Crippen MR) is 769 cm³/mol. The number of nitrogens with zero attached hydrogens (tertiary/aromatic N) is 5. The van der Waals surface area contributed by atoms with Gasteiger partial charge < -0.3 is 35.1 Å². The van der Waals surface area contributed by atoms with Crippen molar-refractivity contribution in [2.24, 2.45) is 0 Å². The van der Waals surface area contributed by atoms with E-state index in [1.165, 1.54) is 23.8 Å². The molecule has 2 aromatic heterocycles. The van der Waals surface area contributed by atoms with Gasteiger partial charge in [0.1, 0.15) is 29.8 Å². The van der Waals surface area contributed by atoms with Crippen LogP contribution in [0, 0.1) is 20.8 Å². The van der Waals surface area contributed by atoms with Crippen LogP contribution in [-0.2, 0) is 19.6 Å². The summed E-state index contributed by atoms with van der Waals surface area (Å²) < 4.78 is 16.8. The lowest BCUT2D eigenvalue weighted by Crippen LogP contribution is -2.23. The summed E-state index contributed by atoms with van der Waals surface area (Å²) in [6, 6.07) is 33.6. The van der Waals surface area contributed by atoms with Gasteiger partial charge in [0.25, 0.3) is 11.8 Å². The first-order chi connectivity index (χ1) is 58.7. The fourth-order valence-electron chi connectivity index (χ4n) is 10.9. The molecule has 2 aliphatic heterocycles. The molecule has 9 rings (SSSR count). The monoisotopic (exact) mass is 2850 g/mol. The summed E-state index contributed by atoms with van der Waals surface area (Å²) in [6.45, 7) is 7.06. The molecule has 76 heteroatoms. The second-order valence-corrected chi connectivity index (χ2v) is 277. The first-order valence-electron chi connectivity index (χ1n) is 34.2. The Balaban J connectivity index is 0.000000259. The minimum Gasteiger partial charge on any atom is -0.496 e. The van der Waals surface area contributed by atoms with E-state index in [-0.39, 0.29) is 214 Å². The van der Waals surface area contributed by atoms with Crippen molar-refractivity contribution in [2.45, 2.75) is 40.4 Å². The van der Waals surface area contributed by atoms with Crippen LogP contribution in [-0.4, -0.2) is 58.0 Å². The molecule has 0 fully saturated rings. The molecule has 125 heavy (non-hydrogen) atoms. The zero-order valence-electron chi connectivity index (χ0n) is 67.9. The van der Waals surface area contributed by atoms with Crippen LogP contribution in [0.3, 0.4) is 0 Å². The van der Waals surface area contributed by atoms with E-state index in [1.807, 2.05) is 129 Å². The van der Waals surface area contributed by atoms with Crippen LogP contribution in [0.4, 0.5) is 23.0 Å². The van der Waals surface area contributed by atoms with Gasteiger partial charge in [-0.05, 0) is 283 Å². The third kappa shape index (κ3) is 41.3. The number of methoxy groups -OCH3 is 3. The number of carbonyl (C=O) groups excluding carboxylic acids is 2. The normalized spacial score (nSPS) is 14.7. The van der Waals surface area contributed by atoms with E-state index in [2.05, 4.69) is 331 Å². The molecular weight excluding hydrogens is 2730 g/mol. The minimum absolute atomic E-state index is 0.0135. The van der Waals surface area contributed by atoms with Gasteiger partial charge in [-0.1, -0.05) is 79.7 Å². The number of aryl methyl sites for hydroxylation is 3. The molecule has 0 saturated carbocycles. The van der Waals surface area contributed by atoms with Gasteiger partial charge in [-0.15, -0.1) is 295 Å². The Labute approximate surface area is 856 Å². The Kier molecular flexibility index (Phi) is 73.2. The number of nitrogens with one attached hydrogen (secondary N) is 3. The molecule has 2 aliphatic rings. The Morgan fingerprint density at radius 3 is 1.05 bits per heavy atom. The fourth-order valence-corrected chi connectivity index (χ4v) is 833. The van der Waals surface area contributed by atoms with Gasteiger partial charge in [-0.25, -0.2) is 19.9 Å². The van der Waals surface area contributed by atoms with Crippen molar-refractivity contribution in [3.63, 3.8) is 0 Å². The van der Waals surface area contributed by atoms with E-state index in [0.29, 0.717) is 59.6 Å². The van der Waals surface area contributed by atoms with E-state index in [1.54, 1.807) is 21.3 Å². The van der Waals surface area contributed by atoms with Gasteiger partial charge in [0.2, 0.25) is 0 Å². The topological polar surface area (TPSA) is 153 Å². The molecular formula is C49H113N8O5P63. The Bertz CT molecular complexity index is 4440. The number of aromatic nitrogens is 4. The summed E-state index contributed by atoms with van der Waals surface area (Å²) in [7, 11) is 115. The predicted octanol–water partition coefficient (Wildman–Crippen LogP) is 45.4. The van der Waals surface area contributed by atoms with Crippen LogP contribution in [0.15, 0.2) is 116 Å². The molecule has 5 aromatic carbocycles. The molecule has 0 bridgehead atoms. The van der Waals surface area contributed by atoms with Crippen molar-refractivity contribution in [1.82, 2.24) is 30.2 Å². The Hall–Kier alpha value is 19.3. The maximum absolute atomic E-state index is 13.1. The van der Waals surface area contributed by atoms with Crippen LogP contribution in [0.25, 0.3) is 22.5 Å². The average Bonchev–Trinajstić information content (AvgIpc) is 1.49. The summed E-state index contributed by atoms with van der Waals surface area (Å²) in [5, 5.41) is 9.44. The summed E-state index contributed by atoms with van der Waals surface area (Å²) in [6.07, 6.45) is 3.03. The zero-order valence-corrected chi connectivity index (χ0v) is 133. The van der Waals surface area contributed by atoms with Crippen molar-refractivity contribution >= 4 is 540 Å². The number of ether oxygens (including phenoxy) is 3. The number of rotatable bonds is 39. The van der Waals surface area contributed by atoms with Crippen molar-refractivity contribution in [1.29, 1.82) is 0 Å². The van der Waals surface area contributed by atoms with Gasteiger partial charge in [0.15, 0.2) is 23.1 Å². The Morgan fingerprint density at radius 2 is 0.712 bits per heavy atom. The molecule has 13 nitrogen and oxygen atoms in total. The number of benzene rings is 5. The van der Waals surface area contributed by atoms with Crippen LogP contribution in [0.1, 0.15) is 54.1 Å². The number of carbonyl (C=O) groups is 2. The van der Waals surface area contributed by atoms with Crippen LogP contribution >= 0.6 is 505 Å². The van der Waals surface area contributed by atoms with E-state index < -0.39 is 0 Å². The molecule has 694 valence electrons.